The highest BCUT2D eigenvalue weighted by Gasteiger charge is 2.54. The van der Waals surface area contributed by atoms with Crippen molar-refractivity contribution < 1.29 is 24.2 Å². The molecule has 0 aliphatic carbocycles. The van der Waals surface area contributed by atoms with E-state index in [1.54, 1.807) is 41.3 Å². The fraction of sp³-hybridized carbons (Fsp3) is 0.333. The number of benzene rings is 3. The fourth-order valence-electron chi connectivity index (χ4n) is 4.73. The predicted molar refractivity (Wildman–Crippen MR) is 140 cm³/mol. The van der Waals surface area contributed by atoms with Crippen LogP contribution in [0.3, 0.4) is 0 Å². The van der Waals surface area contributed by atoms with Gasteiger partial charge >= 0.3 is 5.97 Å². The molecule has 0 spiro atoms. The summed E-state index contributed by atoms with van der Waals surface area (Å²) >= 11 is 0. The quantitative estimate of drug-likeness (QED) is 0.387. The summed E-state index contributed by atoms with van der Waals surface area (Å²) in [5.41, 5.74) is 1.49. The van der Waals surface area contributed by atoms with E-state index in [0.29, 0.717) is 34.9 Å². The molecule has 4 rings (SSSR count). The second kappa shape index (κ2) is 10.4. The van der Waals surface area contributed by atoms with Crippen LogP contribution >= 0.6 is 0 Å². The molecule has 36 heavy (non-hydrogen) atoms. The van der Waals surface area contributed by atoms with Gasteiger partial charge in [-0.15, -0.1) is 0 Å². The molecule has 1 amide bonds. The maximum atomic E-state index is 14.2. The Morgan fingerprint density at radius 3 is 2.50 bits per heavy atom. The normalized spacial score (nSPS) is 16.8. The van der Waals surface area contributed by atoms with E-state index >= 15 is 0 Å². The molecule has 0 bridgehead atoms. The molecule has 1 aliphatic heterocycles. The average Bonchev–Trinajstić information content (AvgIpc) is 3.07. The third kappa shape index (κ3) is 4.94. The number of amides is 1. The van der Waals surface area contributed by atoms with E-state index in [9.17, 15) is 14.7 Å². The number of rotatable bonds is 9. The van der Waals surface area contributed by atoms with E-state index in [4.69, 9.17) is 9.47 Å². The summed E-state index contributed by atoms with van der Waals surface area (Å²) in [6, 6.07) is 19.3. The van der Waals surface area contributed by atoms with Gasteiger partial charge in [0.25, 0.3) is 5.91 Å². The van der Waals surface area contributed by atoms with Crippen LogP contribution in [-0.2, 0) is 21.6 Å². The minimum absolute atomic E-state index is 0.00574. The lowest BCUT2D eigenvalue weighted by Gasteiger charge is -2.29. The molecular formula is C30H33NO5. The lowest BCUT2D eigenvalue weighted by molar-refractivity contribution is -0.137. The maximum absolute atomic E-state index is 14.2. The Morgan fingerprint density at radius 2 is 1.81 bits per heavy atom. The number of phenols is 1. The molecule has 1 atom stereocenters. The Balaban J connectivity index is 1.84. The lowest BCUT2D eigenvalue weighted by Crippen LogP contribution is -2.45. The van der Waals surface area contributed by atoms with Crippen LogP contribution in [0.15, 0.2) is 66.7 Å². The minimum atomic E-state index is -1.63. The number of ether oxygens (including phenoxy) is 2. The first kappa shape index (κ1) is 25.3. The molecule has 6 heteroatoms. The number of aryl methyl sites for hydroxylation is 1. The van der Waals surface area contributed by atoms with Crippen molar-refractivity contribution in [2.45, 2.75) is 45.6 Å². The highest BCUT2D eigenvalue weighted by Crippen LogP contribution is 2.47. The van der Waals surface area contributed by atoms with Crippen LogP contribution in [0.4, 0.5) is 5.69 Å². The fourth-order valence-corrected chi connectivity index (χ4v) is 4.73. The van der Waals surface area contributed by atoms with Crippen molar-refractivity contribution in [2.24, 2.45) is 5.92 Å². The molecule has 3 aromatic carbocycles. The van der Waals surface area contributed by atoms with Crippen LogP contribution in [-0.4, -0.2) is 30.6 Å². The van der Waals surface area contributed by atoms with E-state index in [0.717, 1.165) is 24.1 Å². The van der Waals surface area contributed by atoms with Crippen molar-refractivity contribution in [1.82, 2.24) is 0 Å². The van der Waals surface area contributed by atoms with Crippen LogP contribution in [0.2, 0.25) is 0 Å². The second-order valence-electron chi connectivity index (χ2n) is 9.77. The van der Waals surface area contributed by atoms with Crippen molar-refractivity contribution in [3.05, 3.63) is 89.0 Å². The SMILES string of the molecule is COc1ccc(O)c(CC2(OC(=O)c3ccccc3)C(=O)N(CCCC(C)C)c3ccc(C)cc32)c1. The average molecular weight is 488 g/mol. The molecule has 0 aromatic heterocycles. The molecule has 1 unspecified atom stereocenters. The molecule has 0 saturated carbocycles. The number of esters is 1. The van der Waals surface area contributed by atoms with Crippen molar-refractivity contribution in [3.8, 4) is 11.5 Å². The van der Waals surface area contributed by atoms with Gasteiger partial charge in [-0.1, -0.05) is 43.7 Å². The summed E-state index contributed by atoms with van der Waals surface area (Å²) in [7, 11) is 1.54. The standard InChI is InChI=1S/C30H33NO5/c1-20(2)9-8-16-31-26-14-12-21(3)17-25(26)30(29(31)34,36-28(33)22-10-6-5-7-11-22)19-23-18-24(35-4)13-15-27(23)32/h5-7,10-15,17-18,20,32H,8-9,16,19H2,1-4H3. The number of carbonyl (C=O) groups is 2. The summed E-state index contributed by atoms with van der Waals surface area (Å²) < 4.78 is 11.5. The summed E-state index contributed by atoms with van der Waals surface area (Å²) in [5.74, 6) is 0.151. The topological polar surface area (TPSA) is 76.1 Å². The lowest BCUT2D eigenvalue weighted by atomic mass is 9.86. The zero-order valence-electron chi connectivity index (χ0n) is 21.3. The Kier molecular flexibility index (Phi) is 7.34. The zero-order valence-corrected chi connectivity index (χ0v) is 21.3. The molecule has 0 fully saturated rings. The largest absolute Gasteiger partial charge is 0.508 e. The van der Waals surface area contributed by atoms with Crippen LogP contribution < -0.4 is 9.64 Å². The van der Waals surface area contributed by atoms with E-state index in [2.05, 4.69) is 13.8 Å². The van der Waals surface area contributed by atoms with Gasteiger partial charge in [0.2, 0.25) is 5.60 Å². The smallest absolute Gasteiger partial charge is 0.339 e. The van der Waals surface area contributed by atoms with Gasteiger partial charge in [0.1, 0.15) is 11.5 Å². The highest BCUT2D eigenvalue weighted by atomic mass is 16.6. The third-order valence-corrected chi connectivity index (χ3v) is 6.63. The van der Waals surface area contributed by atoms with Gasteiger partial charge in [0, 0.05) is 24.1 Å². The molecule has 1 N–H and O–H groups in total. The Morgan fingerprint density at radius 1 is 1.06 bits per heavy atom. The van der Waals surface area contributed by atoms with Crippen LogP contribution in [0, 0.1) is 12.8 Å². The number of hydrogen-bond donors (Lipinski definition) is 1. The van der Waals surface area contributed by atoms with Gasteiger partial charge in [-0.2, -0.15) is 0 Å². The first-order valence-corrected chi connectivity index (χ1v) is 12.3. The minimum Gasteiger partial charge on any atom is -0.508 e. The Bertz CT molecular complexity index is 1250. The summed E-state index contributed by atoms with van der Waals surface area (Å²) in [6.07, 6.45) is 1.77. The van der Waals surface area contributed by atoms with Gasteiger partial charge in [-0.3, -0.25) is 4.79 Å². The molecule has 188 valence electrons. The first-order valence-electron chi connectivity index (χ1n) is 12.3. The number of hydrogen-bond acceptors (Lipinski definition) is 5. The second-order valence-corrected chi connectivity index (χ2v) is 9.77. The molecule has 0 saturated heterocycles. The molecule has 6 nitrogen and oxygen atoms in total. The Labute approximate surface area is 212 Å². The highest BCUT2D eigenvalue weighted by molar-refractivity contribution is 6.09. The summed E-state index contributed by atoms with van der Waals surface area (Å²) in [4.78, 5) is 29.3. The van der Waals surface area contributed by atoms with E-state index in [-0.39, 0.29) is 18.1 Å². The number of nitrogens with zero attached hydrogens (tertiary/aromatic N) is 1. The monoisotopic (exact) mass is 487 g/mol. The van der Waals surface area contributed by atoms with Crippen LogP contribution in [0.5, 0.6) is 11.5 Å². The van der Waals surface area contributed by atoms with Crippen LogP contribution in [0.1, 0.15) is 53.7 Å². The summed E-state index contributed by atoms with van der Waals surface area (Å²) in [6.45, 7) is 6.77. The number of phenolic OH excluding ortho intramolecular Hbond substituents is 1. The molecule has 1 aliphatic rings. The maximum Gasteiger partial charge on any atom is 0.339 e. The number of anilines is 1. The third-order valence-electron chi connectivity index (χ3n) is 6.63. The van der Waals surface area contributed by atoms with Gasteiger partial charge in [0.15, 0.2) is 0 Å². The zero-order chi connectivity index (χ0) is 25.9. The molecule has 1 heterocycles. The van der Waals surface area contributed by atoms with Gasteiger partial charge in [-0.25, -0.2) is 4.79 Å². The van der Waals surface area contributed by atoms with Crippen molar-refractivity contribution in [3.63, 3.8) is 0 Å². The molecule has 3 aromatic rings. The molecular weight excluding hydrogens is 454 g/mol. The van der Waals surface area contributed by atoms with Gasteiger partial charge < -0.3 is 19.5 Å². The van der Waals surface area contributed by atoms with Gasteiger partial charge in [-0.05, 0) is 68.1 Å². The van der Waals surface area contributed by atoms with E-state index < -0.39 is 11.6 Å². The predicted octanol–water partition coefficient (Wildman–Crippen LogP) is 5.79. The van der Waals surface area contributed by atoms with E-state index in [1.165, 1.54) is 13.2 Å². The van der Waals surface area contributed by atoms with Crippen molar-refractivity contribution in [1.29, 1.82) is 0 Å². The summed E-state index contributed by atoms with van der Waals surface area (Å²) in [5, 5.41) is 10.7. The molecule has 0 radical (unpaired) electrons. The van der Waals surface area contributed by atoms with Crippen LogP contribution in [0.25, 0.3) is 0 Å². The first-order chi connectivity index (χ1) is 17.2. The number of methoxy groups -OCH3 is 1. The van der Waals surface area contributed by atoms with Crippen molar-refractivity contribution in [2.75, 3.05) is 18.6 Å². The number of aromatic hydroxyl groups is 1. The van der Waals surface area contributed by atoms with Crippen molar-refractivity contribution >= 4 is 17.6 Å². The Hall–Kier alpha value is -3.80. The van der Waals surface area contributed by atoms with Gasteiger partial charge in [0.05, 0.1) is 18.4 Å². The number of fused-ring (bicyclic) bond motifs is 1. The van der Waals surface area contributed by atoms with E-state index in [1.807, 2.05) is 31.2 Å². The number of carbonyl (C=O) groups excluding carboxylic acids is 2.